The first-order valence-electron chi connectivity index (χ1n) is 7.17. The molecule has 118 valence electrons. The first kappa shape index (κ1) is 16.4. The van der Waals surface area contributed by atoms with Crippen LogP contribution in [0.5, 0.6) is 0 Å². The van der Waals surface area contributed by atoms with E-state index < -0.39 is 15.6 Å². The Morgan fingerprint density at radius 2 is 1.90 bits per heavy atom. The van der Waals surface area contributed by atoms with E-state index in [2.05, 4.69) is 5.32 Å². The van der Waals surface area contributed by atoms with E-state index in [-0.39, 0.29) is 6.04 Å². The van der Waals surface area contributed by atoms with E-state index in [9.17, 15) is 8.42 Å². The lowest BCUT2D eigenvalue weighted by molar-refractivity contribution is -0.0640. The molecular weight excluding hydrogens is 288 g/mol. The minimum absolute atomic E-state index is 0.198. The van der Waals surface area contributed by atoms with Gasteiger partial charge in [-0.25, -0.2) is 8.42 Å². The van der Waals surface area contributed by atoms with Crippen LogP contribution >= 0.6 is 0 Å². The van der Waals surface area contributed by atoms with Crippen molar-refractivity contribution in [1.29, 1.82) is 0 Å². The van der Waals surface area contributed by atoms with Crippen molar-refractivity contribution in [3.8, 4) is 0 Å². The van der Waals surface area contributed by atoms with Crippen molar-refractivity contribution < 1.29 is 13.2 Å². The third-order valence-electron chi connectivity index (χ3n) is 3.84. The molecule has 1 saturated heterocycles. The Morgan fingerprint density at radius 3 is 2.43 bits per heavy atom. The zero-order valence-electron chi connectivity index (χ0n) is 13.1. The van der Waals surface area contributed by atoms with Gasteiger partial charge < -0.3 is 10.1 Å². The fourth-order valence-electron chi connectivity index (χ4n) is 2.42. The monoisotopic (exact) mass is 312 g/mol. The number of morpholine rings is 1. The standard InChI is InChI=1S/C15H24N2O3S/c1-12(16-4)13-5-7-14(8-6-13)21(18,19)17-9-10-20-15(2,3)11-17/h5-8,12,16H,9-11H2,1-4H3. The van der Waals surface area contributed by atoms with E-state index in [0.29, 0.717) is 24.6 Å². The van der Waals surface area contributed by atoms with Crippen molar-refractivity contribution in [3.05, 3.63) is 29.8 Å². The van der Waals surface area contributed by atoms with Gasteiger partial charge in [0.05, 0.1) is 17.1 Å². The summed E-state index contributed by atoms with van der Waals surface area (Å²) in [4.78, 5) is 0.340. The maximum Gasteiger partial charge on any atom is 0.243 e. The van der Waals surface area contributed by atoms with Gasteiger partial charge in [0.25, 0.3) is 0 Å². The van der Waals surface area contributed by atoms with Crippen LogP contribution in [-0.4, -0.2) is 45.1 Å². The lowest BCUT2D eigenvalue weighted by Crippen LogP contribution is -2.50. The van der Waals surface area contributed by atoms with Crippen LogP contribution in [-0.2, 0) is 14.8 Å². The van der Waals surface area contributed by atoms with E-state index in [1.165, 1.54) is 4.31 Å². The number of hydrogen-bond donors (Lipinski definition) is 1. The molecule has 0 radical (unpaired) electrons. The predicted molar refractivity (Wildman–Crippen MR) is 82.7 cm³/mol. The van der Waals surface area contributed by atoms with Gasteiger partial charge in [0.1, 0.15) is 0 Å². The second kappa shape index (κ2) is 6.04. The van der Waals surface area contributed by atoms with Crippen LogP contribution in [0.2, 0.25) is 0 Å². The van der Waals surface area contributed by atoms with Crippen LogP contribution < -0.4 is 5.32 Å². The number of hydrogen-bond acceptors (Lipinski definition) is 4. The summed E-state index contributed by atoms with van der Waals surface area (Å²) < 4.78 is 32.4. The molecule has 1 aliphatic heterocycles. The Kier molecular flexibility index (Phi) is 4.72. The summed E-state index contributed by atoms with van der Waals surface area (Å²) in [7, 11) is -1.57. The molecule has 0 spiro atoms. The summed E-state index contributed by atoms with van der Waals surface area (Å²) in [5, 5.41) is 3.14. The molecule has 1 N–H and O–H groups in total. The van der Waals surface area contributed by atoms with Crippen LogP contribution in [0.4, 0.5) is 0 Å². The number of ether oxygens (including phenoxy) is 1. The Labute approximate surface area is 127 Å². The van der Waals surface area contributed by atoms with Gasteiger partial charge in [-0.2, -0.15) is 4.31 Å². The normalized spacial score (nSPS) is 21.1. The van der Waals surface area contributed by atoms with E-state index in [1.54, 1.807) is 12.1 Å². The Hall–Kier alpha value is -0.950. The molecule has 0 bridgehead atoms. The molecule has 0 aromatic heterocycles. The van der Waals surface area contributed by atoms with Gasteiger partial charge in [0.15, 0.2) is 0 Å². The Bertz CT molecular complexity index is 581. The Balaban J connectivity index is 2.23. The summed E-state index contributed by atoms with van der Waals surface area (Å²) in [5.41, 5.74) is 0.630. The zero-order chi connectivity index (χ0) is 15.7. The molecular formula is C15H24N2O3S. The fourth-order valence-corrected chi connectivity index (χ4v) is 4.00. The number of sulfonamides is 1. The van der Waals surface area contributed by atoms with Crippen molar-refractivity contribution >= 4 is 10.0 Å². The van der Waals surface area contributed by atoms with Crippen molar-refractivity contribution in [1.82, 2.24) is 9.62 Å². The van der Waals surface area contributed by atoms with Crippen LogP contribution in [0, 0.1) is 0 Å². The highest BCUT2D eigenvalue weighted by atomic mass is 32.2. The molecule has 1 aliphatic rings. The van der Waals surface area contributed by atoms with Gasteiger partial charge in [0.2, 0.25) is 10.0 Å². The molecule has 1 aromatic rings. The predicted octanol–water partition coefficient (Wildman–Crippen LogP) is 1.77. The van der Waals surface area contributed by atoms with Crippen molar-refractivity contribution in [2.75, 3.05) is 26.7 Å². The van der Waals surface area contributed by atoms with Gasteiger partial charge in [-0.15, -0.1) is 0 Å². The molecule has 1 atom stereocenters. The van der Waals surface area contributed by atoms with Crippen LogP contribution in [0.15, 0.2) is 29.2 Å². The summed E-state index contributed by atoms with van der Waals surface area (Å²) in [5.74, 6) is 0. The van der Waals surface area contributed by atoms with Gasteiger partial charge in [-0.3, -0.25) is 0 Å². The zero-order valence-corrected chi connectivity index (χ0v) is 13.9. The second-order valence-electron chi connectivity index (χ2n) is 6.03. The average molecular weight is 312 g/mol. The summed E-state index contributed by atoms with van der Waals surface area (Å²) in [6.07, 6.45) is 0. The lowest BCUT2D eigenvalue weighted by atomic mass is 10.1. The molecule has 5 nitrogen and oxygen atoms in total. The van der Waals surface area contributed by atoms with E-state index in [4.69, 9.17) is 4.74 Å². The summed E-state index contributed by atoms with van der Waals surface area (Å²) >= 11 is 0. The van der Waals surface area contributed by atoms with Crippen molar-refractivity contribution in [2.45, 2.75) is 37.3 Å². The minimum Gasteiger partial charge on any atom is -0.373 e. The number of rotatable bonds is 4. The van der Waals surface area contributed by atoms with Crippen LogP contribution in [0.3, 0.4) is 0 Å². The van der Waals surface area contributed by atoms with Gasteiger partial charge >= 0.3 is 0 Å². The molecule has 6 heteroatoms. The maximum absolute atomic E-state index is 12.7. The molecule has 0 amide bonds. The molecule has 1 fully saturated rings. The Morgan fingerprint density at radius 1 is 1.29 bits per heavy atom. The number of benzene rings is 1. The highest BCUT2D eigenvalue weighted by molar-refractivity contribution is 7.89. The third kappa shape index (κ3) is 3.63. The quantitative estimate of drug-likeness (QED) is 0.920. The molecule has 2 rings (SSSR count). The molecule has 1 heterocycles. The molecule has 1 aromatic carbocycles. The average Bonchev–Trinajstić information content (AvgIpc) is 2.45. The van der Waals surface area contributed by atoms with E-state index in [1.807, 2.05) is 40.0 Å². The third-order valence-corrected chi connectivity index (χ3v) is 5.70. The lowest BCUT2D eigenvalue weighted by Gasteiger charge is -2.37. The maximum atomic E-state index is 12.7. The van der Waals surface area contributed by atoms with Gasteiger partial charge in [0, 0.05) is 19.1 Å². The summed E-state index contributed by atoms with van der Waals surface area (Å²) in [6, 6.07) is 7.28. The molecule has 21 heavy (non-hydrogen) atoms. The first-order chi connectivity index (χ1) is 9.76. The number of nitrogens with zero attached hydrogens (tertiary/aromatic N) is 1. The smallest absolute Gasteiger partial charge is 0.243 e. The van der Waals surface area contributed by atoms with Gasteiger partial charge in [-0.05, 0) is 45.5 Å². The topological polar surface area (TPSA) is 58.6 Å². The molecule has 1 unspecified atom stereocenters. The summed E-state index contributed by atoms with van der Waals surface area (Å²) in [6.45, 7) is 7.07. The van der Waals surface area contributed by atoms with E-state index >= 15 is 0 Å². The fraction of sp³-hybridized carbons (Fsp3) is 0.600. The second-order valence-corrected chi connectivity index (χ2v) is 7.96. The molecule has 0 saturated carbocycles. The number of nitrogens with one attached hydrogen (secondary N) is 1. The van der Waals surface area contributed by atoms with Crippen LogP contribution in [0.1, 0.15) is 32.4 Å². The molecule has 0 aliphatic carbocycles. The highest BCUT2D eigenvalue weighted by Crippen LogP contribution is 2.24. The van der Waals surface area contributed by atoms with Gasteiger partial charge in [-0.1, -0.05) is 12.1 Å². The van der Waals surface area contributed by atoms with Crippen molar-refractivity contribution in [3.63, 3.8) is 0 Å². The van der Waals surface area contributed by atoms with Crippen LogP contribution in [0.25, 0.3) is 0 Å². The van der Waals surface area contributed by atoms with E-state index in [0.717, 1.165) is 5.56 Å². The first-order valence-corrected chi connectivity index (χ1v) is 8.61. The SMILES string of the molecule is CNC(C)c1ccc(S(=O)(=O)N2CCOC(C)(C)C2)cc1. The minimum atomic E-state index is -3.45. The van der Waals surface area contributed by atoms with Crippen molar-refractivity contribution in [2.24, 2.45) is 0 Å². The largest absolute Gasteiger partial charge is 0.373 e. The highest BCUT2D eigenvalue weighted by Gasteiger charge is 2.34.